The molecule has 3 aromatic rings. The van der Waals surface area contributed by atoms with E-state index < -0.39 is 28.6 Å². The van der Waals surface area contributed by atoms with E-state index in [4.69, 9.17) is 16.3 Å². The van der Waals surface area contributed by atoms with Crippen molar-refractivity contribution in [2.75, 3.05) is 10.8 Å². The van der Waals surface area contributed by atoms with Gasteiger partial charge in [0.1, 0.15) is 29.2 Å². The minimum atomic E-state index is -4.29. The zero-order chi connectivity index (χ0) is 29.2. The van der Waals surface area contributed by atoms with Crippen molar-refractivity contribution in [3.8, 4) is 11.5 Å². The molecule has 0 saturated heterocycles. The van der Waals surface area contributed by atoms with E-state index in [1.54, 1.807) is 38.1 Å². The lowest BCUT2D eigenvalue weighted by atomic mass is 10.0. The van der Waals surface area contributed by atoms with E-state index in [1.165, 1.54) is 37.3 Å². The van der Waals surface area contributed by atoms with Crippen LogP contribution in [-0.2, 0) is 14.8 Å². The molecule has 0 radical (unpaired) electrons. The third-order valence-corrected chi connectivity index (χ3v) is 8.47. The van der Waals surface area contributed by atoms with Crippen LogP contribution in [0.2, 0.25) is 5.02 Å². The maximum absolute atomic E-state index is 14.5. The molecular weight excluding hydrogens is 567 g/mol. The second-order valence-electron chi connectivity index (χ2n) is 9.48. The molecule has 40 heavy (non-hydrogen) atoms. The number of ketones is 1. The first-order valence-corrected chi connectivity index (χ1v) is 14.2. The summed E-state index contributed by atoms with van der Waals surface area (Å²) < 4.78 is 79.7. The lowest BCUT2D eigenvalue weighted by molar-refractivity contribution is -0.117. The van der Waals surface area contributed by atoms with Crippen LogP contribution in [0, 0.1) is 12.7 Å². The van der Waals surface area contributed by atoms with E-state index in [1.807, 2.05) is 0 Å². The van der Waals surface area contributed by atoms with Gasteiger partial charge in [-0.3, -0.25) is 4.31 Å². The predicted octanol–water partition coefficient (Wildman–Crippen LogP) is 7.27. The molecule has 212 valence electrons. The van der Waals surface area contributed by atoms with Crippen LogP contribution < -0.4 is 13.8 Å². The number of halogens is 4. The molecule has 0 spiro atoms. The van der Waals surface area contributed by atoms with Crippen LogP contribution >= 0.6 is 11.6 Å². The summed E-state index contributed by atoms with van der Waals surface area (Å²) in [4.78, 5) is 11.4. The summed E-state index contributed by atoms with van der Waals surface area (Å²) in [5, 5.41) is 0.232. The number of fused-ring (bicyclic) bond motifs is 1. The largest absolute Gasteiger partial charge is 0.486 e. The van der Waals surface area contributed by atoms with Crippen molar-refractivity contribution in [1.82, 2.24) is 0 Å². The lowest BCUT2D eigenvalue weighted by Gasteiger charge is -2.36. The van der Waals surface area contributed by atoms with Gasteiger partial charge in [0.25, 0.3) is 10.0 Å². The smallest absolute Gasteiger partial charge is 0.387 e. The molecule has 3 aromatic carbocycles. The molecule has 0 aliphatic carbocycles. The Hall–Kier alpha value is -3.50. The summed E-state index contributed by atoms with van der Waals surface area (Å²) in [5.74, 6) is -0.562. The van der Waals surface area contributed by atoms with Crippen molar-refractivity contribution in [3.05, 3.63) is 82.1 Å². The van der Waals surface area contributed by atoms with Crippen molar-refractivity contribution in [1.29, 1.82) is 0 Å². The molecule has 1 aliphatic rings. The van der Waals surface area contributed by atoms with E-state index >= 15 is 0 Å². The molecule has 0 aromatic heterocycles. The number of sulfonamides is 1. The number of allylic oxidation sites excluding steroid dienone is 1. The predicted molar refractivity (Wildman–Crippen MR) is 148 cm³/mol. The summed E-state index contributed by atoms with van der Waals surface area (Å²) in [5.41, 5.74) is 2.13. The van der Waals surface area contributed by atoms with E-state index in [2.05, 4.69) is 4.74 Å². The highest BCUT2D eigenvalue weighted by Crippen LogP contribution is 2.42. The molecule has 11 heteroatoms. The van der Waals surface area contributed by atoms with Gasteiger partial charge in [0.15, 0.2) is 0 Å². The Labute approximate surface area is 236 Å². The van der Waals surface area contributed by atoms with Gasteiger partial charge in [-0.05, 0) is 80.3 Å². The fraction of sp³-hybridized carbons (Fsp3) is 0.276. The Morgan fingerprint density at radius 2 is 1.90 bits per heavy atom. The molecule has 6 nitrogen and oxygen atoms in total. The van der Waals surface area contributed by atoms with Gasteiger partial charge in [-0.15, -0.1) is 0 Å². The monoisotopic (exact) mass is 593 g/mol. The molecular formula is C29H27ClF3NO5S. The maximum Gasteiger partial charge on any atom is 0.387 e. The van der Waals surface area contributed by atoms with Crippen LogP contribution in [0.4, 0.5) is 18.9 Å². The van der Waals surface area contributed by atoms with Crippen molar-refractivity contribution < 1.29 is 35.9 Å². The van der Waals surface area contributed by atoms with Crippen LogP contribution in [0.15, 0.2) is 59.5 Å². The number of Topliss-reactive ketones (excluding diaryl/α,β-unsaturated/α-hetero) is 1. The molecule has 1 unspecified atom stereocenters. The second-order valence-corrected chi connectivity index (χ2v) is 11.7. The average Bonchev–Trinajstić information content (AvgIpc) is 2.87. The highest BCUT2D eigenvalue weighted by atomic mass is 35.5. The zero-order valence-corrected chi connectivity index (χ0v) is 23.5. The minimum Gasteiger partial charge on any atom is -0.486 e. The van der Waals surface area contributed by atoms with Gasteiger partial charge in [0.05, 0.1) is 22.2 Å². The van der Waals surface area contributed by atoms with Crippen LogP contribution in [-0.4, -0.2) is 33.5 Å². The molecule has 1 heterocycles. The standard InChI is InChI=1S/C29H27ClF3NO5S/c1-17(27-24(30)8-5-9-25(27)31)12-20-13-18(2)28-26(14-20)34(16-22(38-28)11-10-19(3)35)40(36,37)23-7-4-6-21(15-23)39-29(32)33/h4-9,12-15,22,29H,10-11,16H2,1-3H3. The fourth-order valence-electron chi connectivity index (χ4n) is 4.57. The first-order chi connectivity index (χ1) is 18.9. The Kier molecular flexibility index (Phi) is 8.80. The first-order valence-electron chi connectivity index (χ1n) is 12.4. The van der Waals surface area contributed by atoms with Gasteiger partial charge in [-0.1, -0.05) is 29.8 Å². The first kappa shape index (κ1) is 29.5. The van der Waals surface area contributed by atoms with Crippen LogP contribution in [0.3, 0.4) is 0 Å². The number of alkyl halides is 2. The number of aryl methyl sites for hydroxylation is 1. The number of ether oxygens (including phenoxy) is 2. The summed E-state index contributed by atoms with van der Waals surface area (Å²) in [6, 6.07) is 12.6. The van der Waals surface area contributed by atoms with Gasteiger partial charge in [0.2, 0.25) is 0 Å². The number of rotatable bonds is 9. The van der Waals surface area contributed by atoms with Crippen molar-refractivity contribution in [3.63, 3.8) is 0 Å². The molecule has 1 aliphatic heterocycles. The zero-order valence-electron chi connectivity index (χ0n) is 22.0. The maximum atomic E-state index is 14.5. The van der Waals surface area contributed by atoms with E-state index in [0.29, 0.717) is 22.4 Å². The number of carbonyl (C=O) groups excluding carboxylic acids is 1. The summed E-state index contributed by atoms with van der Waals surface area (Å²) in [6.45, 7) is 1.63. The third-order valence-electron chi connectivity index (χ3n) is 6.38. The van der Waals surface area contributed by atoms with Gasteiger partial charge in [-0.25, -0.2) is 12.8 Å². The Morgan fingerprint density at radius 3 is 2.58 bits per heavy atom. The second kappa shape index (κ2) is 11.9. The summed E-state index contributed by atoms with van der Waals surface area (Å²) in [6.07, 6.45) is 1.52. The lowest BCUT2D eigenvalue weighted by Crippen LogP contribution is -2.44. The SMILES string of the molecule is CC(=O)CCC1CN(S(=O)(=O)c2cccc(OC(F)F)c2)c2cc(C=C(C)c3c(F)cccc3Cl)cc(C)c2O1. The highest BCUT2D eigenvalue weighted by molar-refractivity contribution is 7.92. The number of anilines is 1. The van der Waals surface area contributed by atoms with Crippen LogP contribution in [0.1, 0.15) is 43.4 Å². The van der Waals surface area contributed by atoms with E-state index in [0.717, 1.165) is 10.4 Å². The van der Waals surface area contributed by atoms with Crippen molar-refractivity contribution >= 4 is 44.7 Å². The van der Waals surface area contributed by atoms with E-state index in [-0.39, 0.29) is 52.1 Å². The third kappa shape index (κ3) is 6.45. The Bertz CT molecular complexity index is 1560. The number of nitrogens with zero attached hydrogens (tertiary/aromatic N) is 1. The van der Waals surface area contributed by atoms with Crippen molar-refractivity contribution in [2.45, 2.75) is 51.2 Å². The quantitative estimate of drug-likeness (QED) is 0.244. The van der Waals surface area contributed by atoms with Crippen LogP contribution in [0.25, 0.3) is 11.6 Å². The number of benzene rings is 3. The highest BCUT2D eigenvalue weighted by Gasteiger charge is 2.36. The molecule has 0 N–H and O–H groups in total. The molecule has 0 fully saturated rings. The molecule has 4 rings (SSSR count). The topological polar surface area (TPSA) is 72.9 Å². The fourth-order valence-corrected chi connectivity index (χ4v) is 6.41. The summed E-state index contributed by atoms with van der Waals surface area (Å²) in [7, 11) is -4.29. The minimum absolute atomic E-state index is 0.0693. The van der Waals surface area contributed by atoms with Gasteiger partial charge in [0, 0.05) is 18.1 Å². The molecule has 1 atom stereocenters. The van der Waals surface area contributed by atoms with E-state index in [9.17, 15) is 26.4 Å². The summed E-state index contributed by atoms with van der Waals surface area (Å²) >= 11 is 6.23. The van der Waals surface area contributed by atoms with Crippen LogP contribution in [0.5, 0.6) is 11.5 Å². The van der Waals surface area contributed by atoms with Gasteiger partial charge >= 0.3 is 6.61 Å². The molecule has 0 bridgehead atoms. The number of hydrogen-bond acceptors (Lipinski definition) is 5. The van der Waals surface area contributed by atoms with Gasteiger partial charge < -0.3 is 14.3 Å². The number of hydrogen-bond donors (Lipinski definition) is 0. The molecule has 0 amide bonds. The van der Waals surface area contributed by atoms with Gasteiger partial charge in [-0.2, -0.15) is 8.78 Å². The van der Waals surface area contributed by atoms with Crippen molar-refractivity contribution in [2.24, 2.45) is 0 Å². The Morgan fingerprint density at radius 1 is 1.18 bits per heavy atom. The molecule has 0 saturated carbocycles. The average molecular weight is 594 g/mol. The normalized spacial score (nSPS) is 15.6. The number of carbonyl (C=O) groups is 1. The Balaban J connectivity index is 1.82.